The molecule has 4 rings (SSSR count). The summed E-state index contributed by atoms with van der Waals surface area (Å²) in [5, 5.41) is 24.4. The highest BCUT2D eigenvalue weighted by Crippen LogP contribution is 2.41. The summed E-state index contributed by atoms with van der Waals surface area (Å²) in [5.41, 5.74) is 5.86. The number of aromatic nitrogens is 4. The van der Waals surface area contributed by atoms with E-state index in [2.05, 4.69) is 30.0 Å². The number of hydrogen-bond donors (Lipinski definition) is 3. The molecule has 1 unspecified atom stereocenters. The summed E-state index contributed by atoms with van der Waals surface area (Å²) in [6, 6.07) is -0.935. The number of anilines is 1. The normalized spacial score (nSPS) is 20.4. The second kappa shape index (κ2) is 9.62. The van der Waals surface area contributed by atoms with Gasteiger partial charge in [-0.2, -0.15) is 9.36 Å². The topological polar surface area (TPSA) is 186 Å². The van der Waals surface area contributed by atoms with Gasteiger partial charge in [0, 0.05) is 23.0 Å². The molecule has 0 radical (unpaired) electrons. The Kier molecular flexibility index (Phi) is 6.82. The standard InChI is InChI=1S/C16H16N8O5S4/c1-5-20-21-16(32-5)31-4-6-3-30-13-8(12(26)24(13)9(6)14(27)28)18-11(25)7(22-29-2)10-19-15(17)33-23-10/h8,13H,3-4H2,1-2H3,(H,18,25)(H,27,28)(H2,17,19,23)/b22-7+/t8?,13-/m1/s1. The SMILES string of the molecule is CO/N=C(/C(=O)NC1C(=O)N2C(C(=O)O)=C(CSc3nnc(C)s3)CS[C@H]12)c1nsc(N)n1. The maximum absolute atomic E-state index is 12.8. The van der Waals surface area contributed by atoms with E-state index in [0.29, 0.717) is 17.1 Å². The van der Waals surface area contributed by atoms with Crippen LogP contribution in [0.15, 0.2) is 20.8 Å². The van der Waals surface area contributed by atoms with Crippen molar-refractivity contribution in [1.82, 2.24) is 29.8 Å². The number of carboxylic acid groups (broad SMARTS) is 1. The quantitative estimate of drug-likeness (QED) is 0.183. The average Bonchev–Trinajstić information content (AvgIpc) is 3.40. The molecular weight excluding hydrogens is 512 g/mol. The third-order valence-electron chi connectivity index (χ3n) is 4.46. The number of rotatable bonds is 8. The van der Waals surface area contributed by atoms with Crippen LogP contribution in [0.3, 0.4) is 0 Å². The minimum Gasteiger partial charge on any atom is -0.477 e. The molecule has 0 saturated carbocycles. The number of carbonyl (C=O) groups is 3. The van der Waals surface area contributed by atoms with E-state index in [-0.39, 0.29) is 22.4 Å². The van der Waals surface area contributed by atoms with Crippen molar-refractivity contribution in [3.8, 4) is 0 Å². The van der Waals surface area contributed by atoms with Crippen molar-refractivity contribution in [3.05, 3.63) is 22.1 Å². The molecule has 174 valence electrons. The number of carbonyl (C=O) groups excluding carboxylic acids is 2. The largest absolute Gasteiger partial charge is 0.477 e. The molecule has 33 heavy (non-hydrogen) atoms. The fourth-order valence-electron chi connectivity index (χ4n) is 3.10. The molecular formula is C16H16N8O5S4. The summed E-state index contributed by atoms with van der Waals surface area (Å²) >= 11 is 5.03. The molecule has 0 spiro atoms. The number of nitrogens with one attached hydrogen (secondary N) is 1. The fourth-order valence-corrected chi connectivity index (χ4v) is 6.83. The van der Waals surface area contributed by atoms with Crippen LogP contribution in [-0.2, 0) is 19.2 Å². The first-order valence-corrected chi connectivity index (χ1v) is 12.8. The van der Waals surface area contributed by atoms with Gasteiger partial charge in [-0.25, -0.2) is 4.79 Å². The zero-order valence-corrected chi connectivity index (χ0v) is 20.3. The average molecular weight is 529 g/mol. The van der Waals surface area contributed by atoms with Crippen LogP contribution in [-0.4, -0.2) is 83.1 Å². The molecule has 0 aromatic carbocycles. The molecule has 2 aromatic rings. The summed E-state index contributed by atoms with van der Waals surface area (Å²) in [5.74, 6) is -1.76. The number of hydrogen-bond acceptors (Lipinski definition) is 14. The molecule has 17 heteroatoms. The fraction of sp³-hybridized carbons (Fsp3) is 0.375. The Labute approximate surface area is 203 Å². The van der Waals surface area contributed by atoms with E-state index in [1.165, 1.54) is 46.9 Å². The zero-order valence-electron chi connectivity index (χ0n) is 17.0. The number of amides is 2. The first kappa shape index (κ1) is 23.4. The molecule has 2 aliphatic rings. The molecule has 2 atom stereocenters. The number of nitrogens with two attached hydrogens (primary N) is 1. The predicted molar refractivity (Wildman–Crippen MR) is 123 cm³/mol. The molecule has 1 saturated heterocycles. The zero-order chi connectivity index (χ0) is 23.7. The highest BCUT2D eigenvalue weighted by atomic mass is 32.2. The second-order valence-corrected chi connectivity index (χ2v) is 10.9. The van der Waals surface area contributed by atoms with Crippen LogP contribution < -0.4 is 11.1 Å². The Balaban J connectivity index is 1.49. The Morgan fingerprint density at radius 3 is 2.82 bits per heavy atom. The lowest BCUT2D eigenvalue weighted by Crippen LogP contribution is -2.71. The summed E-state index contributed by atoms with van der Waals surface area (Å²) in [4.78, 5) is 47.4. The van der Waals surface area contributed by atoms with Gasteiger partial charge in [-0.1, -0.05) is 28.3 Å². The van der Waals surface area contributed by atoms with E-state index in [9.17, 15) is 19.5 Å². The van der Waals surface area contributed by atoms with Crippen LogP contribution in [0.25, 0.3) is 0 Å². The number of carboxylic acids is 1. The van der Waals surface area contributed by atoms with E-state index < -0.39 is 29.2 Å². The number of aliphatic carboxylic acids is 1. The minimum atomic E-state index is -1.20. The molecule has 4 heterocycles. The van der Waals surface area contributed by atoms with Crippen LogP contribution in [0.5, 0.6) is 0 Å². The van der Waals surface area contributed by atoms with Crippen LogP contribution >= 0.6 is 46.4 Å². The molecule has 4 N–H and O–H groups in total. The number of oxime groups is 1. The van der Waals surface area contributed by atoms with Crippen LogP contribution in [0, 0.1) is 6.92 Å². The van der Waals surface area contributed by atoms with Gasteiger partial charge in [0.2, 0.25) is 11.5 Å². The van der Waals surface area contributed by atoms with Gasteiger partial charge in [-0.05, 0) is 12.5 Å². The number of nitrogens with zero attached hydrogens (tertiary/aromatic N) is 6. The first-order chi connectivity index (χ1) is 15.8. The number of fused-ring (bicyclic) bond motifs is 1. The van der Waals surface area contributed by atoms with Crippen molar-refractivity contribution >= 4 is 75.0 Å². The number of β-lactam (4-membered cyclic amide) rings is 1. The van der Waals surface area contributed by atoms with Crippen LogP contribution in [0.4, 0.5) is 5.13 Å². The summed E-state index contributed by atoms with van der Waals surface area (Å²) in [6.45, 7) is 1.83. The van der Waals surface area contributed by atoms with E-state index >= 15 is 0 Å². The van der Waals surface area contributed by atoms with Gasteiger partial charge >= 0.3 is 5.97 Å². The van der Waals surface area contributed by atoms with Crippen molar-refractivity contribution < 1.29 is 24.3 Å². The smallest absolute Gasteiger partial charge is 0.352 e. The summed E-state index contributed by atoms with van der Waals surface area (Å²) in [7, 11) is 1.25. The van der Waals surface area contributed by atoms with Crippen molar-refractivity contribution in [3.63, 3.8) is 0 Å². The maximum Gasteiger partial charge on any atom is 0.352 e. The van der Waals surface area contributed by atoms with Gasteiger partial charge < -0.3 is 21.0 Å². The highest BCUT2D eigenvalue weighted by Gasteiger charge is 2.54. The van der Waals surface area contributed by atoms with Gasteiger partial charge in [0.05, 0.1) is 0 Å². The van der Waals surface area contributed by atoms with Crippen molar-refractivity contribution in [2.24, 2.45) is 5.16 Å². The first-order valence-electron chi connectivity index (χ1n) is 9.14. The Bertz CT molecular complexity index is 1180. The van der Waals surface area contributed by atoms with E-state index in [1.54, 1.807) is 0 Å². The molecule has 2 amide bonds. The molecule has 2 aromatic heterocycles. The second-order valence-electron chi connectivity index (χ2n) is 6.57. The maximum atomic E-state index is 12.8. The van der Waals surface area contributed by atoms with Gasteiger partial charge in [0.15, 0.2) is 9.47 Å². The van der Waals surface area contributed by atoms with Crippen molar-refractivity contribution in [1.29, 1.82) is 0 Å². The number of thioether (sulfide) groups is 2. The number of nitrogen functional groups attached to an aromatic ring is 1. The third-order valence-corrected chi connectivity index (χ3v) is 8.41. The van der Waals surface area contributed by atoms with E-state index in [1.807, 2.05) is 6.92 Å². The Morgan fingerprint density at radius 1 is 1.42 bits per heavy atom. The van der Waals surface area contributed by atoms with Gasteiger partial charge in [-0.3, -0.25) is 14.5 Å². The number of aryl methyl sites for hydroxylation is 1. The molecule has 0 bridgehead atoms. The molecule has 1 fully saturated rings. The van der Waals surface area contributed by atoms with Gasteiger partial charge in [-0.15, -0.1) is 22.0 Å². The Morgan fingerprint density at radius 2 is 2.21 bits per heavy atom. The van der Waals surface area contributed by atoms with E-state index in [4.69, 9.17) is 10.6 Å². The third kappa shape index (κ3) is 4.66. The lowest BCUT2D eigenvalue weighted by Gasteiger charge is -2.49. The highest BCUT2D eigenvalue weighted by molar-refractivity contribution is 8.01. The van der Waals surface area contributed by atoms with Crippen molar-refractivity contribution in [2.75, 3.05) is 24.3 Å². The predicted octanol–water partition coefficient (Wildman–Crippen LogP) is 0.162. The summed E-state index contributed by atoms with van der Waals surface area (Å²) in [6.07, 6.45) is 0. The lowest BCUT2D eigenvalue weighted by atomic mass is 10.0. The Hall–Kier alpha value is -2.76. The minimum absolute atomic E-state index is 0.0332. The molecule has 2 aliphatic heterocycles. The van der Waals surface area contributed by atoms with Gasteiger partial charge in [0.25, 0.3) is 11.8 Å². The monoisotopic (exact) mass is 528 g/mol. The molecule has 13 nitrogen and oxygen atoms in total. The van der Waals surface area contributed by atoms with Crippen LogP contribution in [0.1, 0.15) is 10.8 Å². The molecule has 0 aliphatic carbocycles. The van der Waals surface area contributed by atoms with E-state index in [0.717, 1.165) is 20.9 Å². The summed E-state index contributed by atoms with van der Waals surface area (Å²) < 4.78 is 4.66. The lowest BCUT2D eigenvalue weighted by molar-refractivity contribution is -0.150. The van der Waals surface area contributed by atoms with Gasteiger partial charge in [0.1, 0.15) is 29.2 Å². The van der Waals surface area contributed by atoms with Crippen LogP contribution in [0.2, 0.25) is 0 Å². The van der Waals surface area contributed by atoms with Crippen molar-refractivity contribution in [2.45, 2.75) is 22.7 Å².